The second-order valence-electron chi connectivity index (χ2n) is 4.31. The molecule has 0 aliphatic carbocycles. The first kappa shape index (κ1) is 16.9. The molecule has 1 amide bonds. The van der Waals surface area contributed by atoms with E-state index < -0.39 is 9.05 Å². The van der Waals surface area contributed by atoms with Crippen LogP contribution in [0.15, 0.2) is 17.0 Å². The van der Waals surface area contributed by atoms with E-state index in [-0.39, 0.29) is 16.4 Å². The summed E-state index contributed by atoms with van der Waals surface area (Å²) in [5.41, 5.74) is 1.51. The average Bonchev–Trinajstić information content (AvgIpc) is 2.36. The Morgan fingerprint density at radius 1 is 1.35 bits per heavy atom. The van der Waals surface area contributed by atoms with Crippen LogP contribution < -0.4 is 5.32 Å². The zero-order valence-corrected chi connectivity index (χ0v) is 13.3. The van der Waals surface area contributed by atoms with Gasteiger partial charge in [0.2, 0.25) is 0 Å². The quantitative estimate of drug-likeness (QED) is 0.643. The predicted molar refractivity (Wildman–Crippen MR) is 77.8 cm³/mol. The van der Waals surface area contributed by atoms with Crippen molar-refractivity contribution in [2.75, 3.05) is 19.8 Å². The molecule has 0 saturated carbocycles. The molecular formula is C13H18ClNO4S. The Balaban J connectivity index is 2.97. The van der Waals surface area contributed by atoms with E-state index in [0.717, 1.165) is 0 Å². The first-order valence-electron chi connectivity index (χ1n) is 6.19. The Bertz CT molecular complexity index is 599. The van der Waals surface area contributed by atoms with Crippen LogP contribution in [0, 0.1) is 13.8 Å². The second-order valence-corrected chi connectivity index (χ2v) is 6.84. The summed E-state index contributed by atoms with van der Waals surface area (Å²) in [6.07, 6.45) is 0. The van der Waals surface area contributed by atoms with Crippen LogP contribution >= 0.6 is 10.7 Å². The summed E-state index contributed by atoms with van der Waals surface area (Å²) in [6, 6.07) is 2.93. The van der Waals surface area contributed by atoms with Crippen LogP contribution in [0.2, 0.25) is 0 Å². The van der Waals surface area contributed by atoms with Gasteiger partial charge in [0.1, 0.15) is 0 Å². The van der Waals surface area contributed by atoms with Crippen molar-refractivity contribution < 1.29 is 17.9 Å². The van der Waals surface area contributed by atoms with Gasteiger partial charge in [0, 0.05) is 29.4 Å². The van der Waals surface area contributed by atoms with E-state index >= 15 is 0 Å². The van der Waals surface area contributed by atoms with Gasteiger partial charge in [-0.25, -0.2) is 8.42 Å². The molecule has 0 aliphatic heterocycles. The fourth-order valence-corrected chi connectivity index (χ4v) is 2.97. The van der Waals surface area contributed by atoms with E-state index in [1.54, 1.807) is 19.9 Å². The van der Waals surface area contributed by atoms with Crippen LogP contribution in [-0.4, -0.2) is 34.1 Å². The minimum Gasteiger partial charge on any atom is -0.380 e. The van der Waals surface area contributed by atoms with E-state index in [0.29, 0.717) is 30.9 Å². The van der Waals surface area contributed by atoms with Gasteiger partial charge >= 0.3 is 0 Å². The Morgan fingerprint density at radius 3 is 2.55 bits per heavy atom. The molecule has 5 nitrogen and oxygen atoms in total. The van der Waals surface area contributed by atoms with Gasteiger partial charge in [-0.3, -0.25) is 4.79 Å². The monoisotopic (exact) mass is 319 g/mol. The van der Waals surface area contributed by atoms with Crippen molar-refractivity contribution in [2.45, 2.75) is 25.7 Å². The number of hydrogen-bond acceptors (Lipinski definition) is 4. The summed E-state index contributed by atoms with van der Waals surface area (Å²) in [5, 5.41) is 2.66. The van der Waals surface area contributed by atoms with Gasteiger partial charge < -0.3 is 10.1 Å². The largest absolute Gasteiger partial charge is 0.380 e. The number of aryl methyl sites for hydroxylation is 1. The van der Waals surface area contributed by atoms with E-state index in [2.05, 4.69) is 5.32 Å². The van der Waals surface area contributed by atoms with Gasteiger partial charge in [-0.2, -0.15) is 0 Å². The highest BCUT2D eigenvalue weighted by molar-refractivity contribution is 8.13. The molecule has 0 saturated heterocycles. The highest BCUT2D eigenvalue weighted by Crippen LogP contribution is 2.24. The highest BCUT2D eigenvalue weighted by Gasteiger charge is 2.18. The van der Waals surface area contributed by atoms with Gasteiger partial charge in [0.25, 0.3) is 15.0 Å². The van der Waals surface area contributed by atoms with Gasteiger partial charge in [-0.1, -0.05) is 0 Å². The minimum absolute atomic E-state index is 0.0332. The molecule has 112 valence electrons. The summed E-state index contributed by atoms with van der Waals surface area (Å²) >= 11 is 0. The van der Waals surface area contributed by atoms with E-state index in [1.165, 1.54) is 6.07 Å². The van der Waals surface area contributed by atoms with Gasteiger partial charge in [0.15, 0.2) is 0 Å². The molecule has 1 aromatic rings. The van der Waals surface area contributed by atoms with Crippen molar-refractivity contribution in [3.8, 4) is 0 Å². The summed E-state index contributed by atoms with van der Waals surface area (Å²) in [4.78, 5) is 11.9. The van der Waals surface area contributed by atoms with Crippen LogP contribution in [0.3, 0.4) is 0 Å². The number of halogens is 1. The Labute approximate surface area is 123 Å². The maximum absolute atomic E-state index is 11.9. The summed E-state index contributed by atoms with van der Waals surface area (Å²) in [6.45, 7) is 6.60. The Kier molecular flexibility index (Phi) is 5.98. The third-order valence-electron chi connectivity index (χ3n) is 2.88. The first-order valence-corrected chi connectivity index (χ1v) is 8.50. The normalized spacial score (nSPS) is 11.4. The first-order chi connectivity index (χ1) is 9.27. The fraction of sp³-hybridized carbons (Fsp3) is 0.462. The molecule has 1 rings (SSSR count). The lowest BCUT2D eigenvalue weighted by atomic mass is 10.1. The zero-order valence-electron chi connectivity index (χ0n) is 11.7. The zero-order chi connectivity index (χ0) is 15.3. The molecule has 0 radical (unpaired) electrons. The second kappa shape index (κ2) is 7.06. The van der Waals surface area contributed by atoms with Crippen LogP contribution in [0.25, 0.3) is 0 Å². The van der Waals surface area contributed by atoms with Crippen molar-refractivity contribution in [3.05, 3.63) is 28.8 Å². The molecular weight excluding hydrogens is 302 g/mol. The lowest BCUT2D eigenvalue weighted by molar-refractivity contribution is 0.0922. The number of hydrogen-bond donors (Lipinski definition) is 1. The molecule has 0 atom stereocenters. The van der Waals surface area contributed by atoms with Gasteiger partial charge in [-0.05, 0) is 44.0 Å². The van der Waals surface area contributed by atoms with Crippen LogP contribution in [0.4, 0.5) is 0 Å². The topological polar surface area (TPSA) is 72.5 Å². The van der Waals surface area contributed by atoms with Crippen molar-refractivity contribution in [3.63, 3.8) is 0 Å². The maximum atomic E-state index is 11.9. The number of rotatable bonds is 6. The number of benzene rings is 1. The third kappa shape index (κ3) is 4.47. The molecule has 1 aromatic carbocycles. The fourth-order valence-electron chi connectivity index (χ4n) is 1.69. The standard InChI is InChI=1S/C13H18ClNO4S/c1-4-19-6-5-15-13(16)11-7-9(2)10(3)12(8-11)20(14,17)18/h7-8H,4-6H2,1-3H3,(H,15,16). The predicted octanol–water partition coefficient (Wildman–Crippen LogP) is 2.00. The molecule has 0 heterocycles. The molecule has 1 N–H and O–H groups in total. The third-order valence-corrected chi connectivity index (χ3v) is 4.33. The lowest BCUT2D eigenvalue weighted by Crippen LogP contribution is -2.27. The Morgan fingerprint density at radius 2 is 2.00 bits per heavy atom. The van der Waals surface area contributed by atoms with Crippen molar-refractivity contribution in [1.29, 1.82) is 0 Å². The molecule has 0 aromatic heterocycles. The minimum atomic E-state index is -3.87. The molecule has 0 bridgehead atoms. The molecule has 7 heteroatoms. The Hall–Kier alpha value is -1.11. The van der Waals surface area contributed by atoms with E-state index in [1.807, 2.05) is 6.92 Å². The van der Waals surface area contributed by atoms with Crippen molar-refractivity contribution >= 4 is 25.6 Å². The average molecular weight is 320 g/mol. The summed E-state index contributed by atoms with van der Waals surface area (Å²) < 4.78 is 28.1. The van der Waals surface area contributed by atoms with Crippen molar-refractivity contribution in [2.24, 2.45) is 0 Å². The maximum Gasteiger partial charge on any atom is 0.261 e. The lowest BCUT2D eigenvalue weighted by Gasteiger charge is -2.10. The molecule has 0 fully saturated rings. The smallest absolute Gasteiger partial charge is 0.261 e. The van der Waals surface area contributed by atoms with Gasteiger partial charge in [-0.15, -0.1) is 0 Å². The van der Waals surface area contributed by atoms with Crippen LogP contribution in [0.1, 0.15) is 28.4 Å². The number of carbonyl (C=O) groups is 1. The highest BCUT2D eigenvalue weighted by atomic mass is 35.7. The molecule has 0 spiro atoms. The summed E-state index contributed by atoms with van der Waals surface area (Å²) in [5.74, 6) is -0.352. The molecule has 20 heavy (non-hydrogen) atoms. The molecule has 0 unspecified atom stereocenters. The van der Waals surface area contributed by atoms with Crippen LogP contribution in [0.5, 0.6) is 0 Å². The number of nitrogens with one attached hydrogen (secondary N) is 1. The van der Waals surface area contributed by atoms with Gasteiger partial charge in [0.05, 0.1) is 11.5 Å². The van der Waals surface area contributed by atoms with E-state index in [9.17, 15) is 13.2 Å². The number of ether oxygens (including phenoxy) is 1. The number of carbonyl (C=O) groups excluding carboxylic acids is 1. The number of amides is 1. The summed E-state index contributed by atoms with van der Waals surface area (Å²) in [7, 11) is 1.50. The molecule has 0 aliphatic rings. The van der Waals surface area contributed by atoms with Crippen molar-refractivity contribution in [1.82, 2.24) is 5.32 Å². The van der Waals surface area contributed by atoms with E-state index in [4.69, 9.17) is 15.4 Å². The SMILES string of the molecule is CCOCCNC(=O)c1cc(C)c(C)c(S(=O)(=O)Cl)c1. The van der Waals surface area contributed by atoms with Crippen LogP contribution in [-0.2, 0) is 13.8 Å².